The number of alkyl halides is 3. The van der Waals surface area contributed by atoms with E-state index in [1.165, 1.54) is 11.2 Å². The van der Waals surface area contributed by atoms with Crippen LogP contribution in [0.3, 0.4) is 0 Å². The van der Waals surface area contributed by atoms with Crippen LogP contribution >= 0.6 is 0 Å². The van der Waals surface area contributed by atoms with Gasteiger partial charge < -0.3 is 4.90 Å². The Labute approximate surface area is 182 Å². The summed E-state index contributed by atoms with van der Waals surface area (Å²) in [5.41, 5.74) is 0.587. The number of carbonyl (C=O) groups is 1. The first-order valence-electron chi connectivity index (χ1n) is 10.4. The first-order chi connectivity index (χ1) is 14.9. The van der Waals surface area contributed by atoms with E-state index < -0.39 is 38.6 Å². The maximum Gasteiger partial charge on any atom is 0.416 e. The normalized spacial score (nSPS) is 20.3. The number of amides is 1. The Morgan fingerprint density at radius 3 is 2.50 bits per heavy atom. The average Bonchev–Trinajstić information content (AvgIpc) is 3.15. The van der Waals surface area contributed by atoms with Gasteiger partial charge in [-0.15, -0.1) is 0 Å². The highest BCUT2D eigenvalue weighted by molar-refractivity contribution is 7.91. The molecule has 11 heteroatoms. The molecule has 0 bridgehead atoms. The minimum Gasteiger partial charge on any atom is -0.337 e. The lowest BCUT2D eigenvalue weighted by molar-refractivity contribution is -0.138. The Bertz CT molecular complexity index is 1140. The number of hydrogen-bond acceptors (Lipinski definition) is 4. The fraction of sp³-hybridized carbons (Fsp3) is 0.524. The van der Waals surface area contributed by atoms with Gasteiger partial charge in [0.1, 0.15) is 5.82 Å². The van der Waals surface area contributed by atoms with E-state index in [2.05, 4.69) is 10.2 Å². The second-order valence-corrected chi connectivity index (χ2v) is 10.8. The van der Waals surface area contributed by atoms with Crippen molar-refractivity contribution >= 4 is 15.7 Å². The van der Waals surface area contributed by atoms with Gasteiger partial charge in [-0.25, -0.2) is 12.8 Å². The summed E-state index contributed by atoms with van der Waals surface area (Å²) in [4.78, 5) is 14.6. The molecule has 1 aliphatic carbocycles. The second kappa shape index (κ2) is 8.17. The summed E-state index contributed by atoms with van der Waals surface area (Å²) in [6.45, 7) is 0.406. The molecule has 1 aliphatic heterocycles. The number of H-pyrrole nitrogens is 1. The molecular formula is C21H23F4N3O3S. The smallest absolute Gasteiger partial charge is 0.337 e. The zero-order valence-corrected chi connectivity index (χ0v) is 18.2. The molecule has 2 aliphatic rings. The summed E-state index contributed by atoms with van der Waals surface area (Å²) in [5.74, 6) is -1.62. The predicted molar refractivity (Wildman–Crippen MR) is 109 cm³/mol. The van der Waals surface area contributed by atoms with Crippen LogP contribution in [0, 0.1) is 5.82 Å². The van der Waals surface area contributed by atoms with Gasteiger partial charge in [0.05, 0.1) is 10.8 Å². The molecule has 1 N–H and O–H groups in total. The highest BCUT2D eigenvalue weighted by atomic mass is 32.2. The van der Waals surface area contributed by atoms with Crippen LogP contribution in [0.5, 0.6) is 0 Å². The molecule has 1 unspecified atom stereocenters. The molecule has 1 saturated heterocycles. The first kappa shape index (κ1) is 22.8. The summed E-state index contributed by atoms with van der Waals surface area (Å²) in [5, 5.41) is 6.37. The van der Waals surface area contributed by atoms with Crippen LogP contribution in [-0.4, -0.2) is 54.0 Å². The van der Waals surface area contributed by atoms with Gasteiger partial charge in [-0.3, -0.25) is 9.89 Å². The molecular weight excluding hydrogens is 450 g/mol. The first-order valence-corrected chi connectivity index (χ1v) is 12.3. The van der Waals surface area contributed by atoms with Crippen molar-refractivity contribution in [3.8, 4) is 0 Å². The number of aromatic nitrogens is 2. The number of piperidine rings is 1. The lowest BCUT2D eigenvalue weighted by Crippen LogP contribution is -2.39. The van der Waals surface area contributed by atoms with Gasteiger partial charge in [0.15, 0.2) is 15.5 Å². The number of fused-ring (bicyclic) bond motifs is 1. The number of aryl methyl sites for hydroxylation is 1. The van der Waals surface area contributed by atoms with Crippen LogP contribution in [0.2, 0.25) is 0 Å². The Morgan fingerprint density at radius 1 is 1.19 bits per heavy atom. The van der Waals surface area contributed by atoms with Gasteiger partial charge in [0.25, 0.3) is 5.91 Å². The molecule has 6 nitrogen and oxygen atoms in total. The van der Waals surface area contributed by atoms with Gasteiger partial charge in [0.2, 0.25) is 0 Å². The largest absolute Gasteiger partial charge is 0.416 e. The van der Waals surface area contributed by atoms with Gasteiger partial charge in [0, 0.05) is 30.6 Å². The summed E-state index contributed by atoms with van der Waals surface area (Å²) in [6.07, 6.45) is -1.73. The quantitative estimate of drug-likeness (QED) is 0.692. The van der Waals surface area contributed by atoms with Crippen molar-refractivity contribution in [3.63, 3.8) is 0 Å². The van der Waals surface area contributed by atoms with Crippen molar-refractivity contribution in [1.29, 1.82) is 0 Å². The lowest BCUT2D eigenvalue weighted by atomic mass is 9.86. The van der Waals surface area contributed by atoms with Crippen molar-refractivity contribution in [2.24, 2.45) is 0 Å². The van der Waals surface area contributed by atoms with Crippen molar-refractivity contribution in [2.75, 3.05) is 19.3 Å². The van der Waals surface area contributed by atoms with E-state index in [1.54, 1.807) is 0 Å². The van der Waals surface area contributed by atoms with Crippen LogP contribution in [0.25, 0.3) is 0 Å². The maximum absolute atomic E-state index is 13.7. The highest BCUT2D eigenvalue weighted by Crippen LogP contribution is 2.39. The zero-order chi connectivity index (χ0) is 23.3. The van der Waals surface area contributed by atoms with Gasteiger partial charge in [-0.1, -0.05) is 0 Å². The molecule has 0 spiro atoms. The molecule has 2 heterocycles. The van der Waals surface area contributed by atoms with E-state index >= 15 is 0 Å². The molecule has 32 heavy (non-hydrogen) atoms. The molecule has 4 rings (SSSR count). The van der Waals surface area contributed by atoms with E-state index in [0.29, 0.717) is 18.4 Å². The monoisotopic (exact) mass is 473 g/mol. The third kappa shape index (κ3) is 4.39. The molecule has 2 aromatic rings. The fourth-order valence-corrected chi connectivity index (χ4v) is 5.69. The number of halogens is 4. The predicted octanol–water partition coefficient (Wildman–Crippen LogP) is 3.49. The SMILES string of the molecule is CS(=O)(=O)C1CCc2[nH]nc(C(=O)N3CCC(c4cc(F)ccc4C(F)(F)F)CC3)c2C1. The minimum absolute atomic E-state index is 0.0854. The van der Waals surface area contributed by atoms with Crippen molar-refractivity contribution in [1.82, 2.24) is 15.1 Å². The van der Waals surface area contributed by atoms with Crippen LogP contribution in [0.4, 0.5) is 17.6 Å². The number of hydrogen-bond donors (Lipinski definition) is 1. The Hall–Kier alpha value is -2.43. The van der Waals surface area contributed by atoms with Crippen molar-refractivity contribution < 1.29 is 30.8 Å². The third-order valence-corrected chi connectivity index (χ3v) is 8.06. The number of likely N-dealkylation sites (tertiary alicyclic amines) is 1. The summed E-state index contributed by atoms with van der Waals surface area (Å²) in [6, 6.07) is 2.49. The molecule has 0 radical (unpaired) electrons. The van der Waals surface area contributed by atoms with Crippen LogP contribution in [0.15, 0.2) is 18.2 Å². The molecule has 174 valence electrons. The topological polar surface area (TPSA) is 83.1 Å². The van der Waals surface area contributed by atoms with Gasteiger partial charge in [-0.05, 0) is 61.8 Å². The van der Waals surface area contributed by atoms with E-state index in [9.17, 15) is 30.8 Å². The molecule has 1 aromatic carbocycles. The summed E-state index contributed by atoms with van der Waals surface area (Å²) in [7, 11) is -3.26. The van der Waals surface area contributed by atoms with E-state index in [0.717, 1.165) is 23.9 Å². The van der Waals surface area contributed by atoms with E-state index in [4.69, 9.17) is 0 Å². The molecule has 1 atom stereocenters. The van der Waals surface area contributed by atoms with Crippen LogP contribution < -0.4 is 0 Å². The van der Waals surface area contributed by atoms with E-state index in [1.807, 2.05) is 0 Å². The number of rotatable bonds is 3. The number of nitrogens with zero attached hydrogens (tertiary/aromatic N) is 2. The maximum atomic E-state index is 13.7. The van der Waals surface area contributed by atoms with Crippen LogP contribution in [0.1, 0.15) is 58.1 Å². The zero-order valence-electron chi connectivity index (χ0n) is 17.4. The average molecular weight is 473 g/mol. The second-order valence-electron chi connectivity index (χ2n) is 8.52. The van der Waals surface area contributed by atoms with E-state index in [-0.39, 0.29) is 49.5 Å². The minimum atomic E-state index is -4.58. The highest BCUT2D eigenvalue weighted by Gasteiger charge is 2.38. The number of sulfone groups is 1. The summed E-state index contributed by atoms with van der Waals surface area (Å²) < 4.78 is 77.7. The Morgan fingerprint density at radius 2 is 1.88 bits per heavy atom. The Kier molecular flexibility index (Phi) is 5.81. The summed E-state index contributed by atoms with van der Waals surface area (Å²) >= 11 is 0. The fourth-order valence-electron chi connectivity index (χ4n) is 4.68. The van der Waals surface area contributed by atoms with Gasteiger partial charge in [-0.2, -0.15) is 18.3 Å². The number of aromatic amines is 1. The third-order valence-electron chi connectivity index (χ3n) is 6.45. The van der Waals surface area contributed by atoms with Gasteiger partial charge >= 0.3 is 6.18 Å². The molecule has 1 fully saturated rings. The lowest BCUT2D eigenvalue weighted by Gasteiger charge is -2.33. The van der Waals surface area contributed by atoms with Crippen molar-refractivity contribution in [2.45, 2.75) is 49.4 Å². The molecule has 1 aromatic heterocycles. The molecule has 1 amide bonds. The molecule has 0 saturated carbocycles. The number of benzene rings is 1. The van der Waals surface area contributed by atoms with Crippen molar-refractivity contribution in [3.05, 3.63) is 52.1 Å². The number of nitrogens with one attached hydrogen (secondary N) is 1. The Balaban J connectivity index is 1.50. The standard InChI is InChI=1S/C21H23F4N3O3S/c1-32(30,31)14-3-5-18-16(11-14)19(27-26-18)20(29)28-8-6-12(7-9-28)15-10-13(22)2-4-17(15)21(23,24)25/h2,4,10,12,14H,3,5-9,11H2,1H3,(H,26,27). The van der Waals surface area contributed by atoms with Crippen LogP contribution in [-0.2, 0) is 28.9 Å². The number of carbonyl (C=O) groups excluding carboxylic acids is 1.